The third kappa shape index (κ3) is 3.57. The first-order valence-electron chi connectivity index (χ1n) is 7.02. The lowest BCUT2D eigenvalue weighted by Gasteiger charge is -2.15. The van der Waals surface area contributed by atoms with Crippen LogP contribution in [0.2, 0.25) is 0 Å². The van der Waals surface area contributed by atoms with Gasteiger partial charge in [0.1, 0.15) is 0 Å². The smallest absolute Gasteiger partial charge is 0.224 e. The van der Waals surface area contributed by atoms with Crippen molar-refractivity contribution in [3.8, 4) is 0 Å². The third-order valence-electron chi connectivity index (χ3n) is 3.90. The first kappa shape index (κ1) is 14.1. The Morgan fingerprint density at radius 3 is 2.47 bits per heavy atom. The maximum Gasteiger partial charge on any atom is 0.224 e. The molecule has 1 fully saturated rings. The number of carbonyl (C=O) groups is 1. The molecule has 1 aromatic rings. The summed E-state index contributed by atoms with van der Waals surface area (Å²) in [6.45, 7) is 8.34. The number of rotatable bonds is 3. The van der Waals surface area contributed by atoms with E-state index in [-0.39, 0.29) is 5.91 Å². The number of amides is 1. The number of benzene rings is 1. The highest BCUT2D eigenvalue weighted by Crippen LogP contribution is 2.24. The van der Waals surface area contributed by atoms with Crippen LogP contribution >= 0.6 is 0 Å². The zero-order valence-electron chi connectivity index (χ0n) is 12.4. The van der Waals surface area contributed by atoms with E-state index >= 15 is 0 Å². The Labute approximate surface area is 116 Å². The van der Waals surface area contributed by atoms with Gasteiger partial charge in [-0.15, -0.1) is 0 Å². The van der Waals surface area contributed by atoms with Gasteiger partial charge in [-0.25, -0.2) is 0 Å². The van der Waals surface area contributed by atoms with Gasteiger partial charge in [-0.3, -0.25) is 4.79 Å². The zero-order chi connectivity index (χ0) is 14.0. The highest BCUT2D eigenvalue weighted by atomic mass is 16.1. The van der Waals surface area contributed by atoms with Crippen molar-refractivity contribution in [1.82, 2.24) is 4.90 Å². The average molecular weight is 260 g/mol. The number of anilines is 1. The molecule has 0 saturated carbocycles. The van der Waals surface area contributed by atoms with Gasteiger partial charge in [0, 0.05) is 18.7 Å². The molecule has 0 spiro atoms. The molecular weight excluding hydrogens is 236 g/mol. The SMILES string of the molecule is Cc1cc(C)c(NC(=O)CC2CCN(C)C2)c(C)c1. The number of hydrogen-bond donors (Lipinski definition) is 1. The fourth-order valence-corrected chi connectivity index (χ4v) is 3.02. The van der Waals surface area contributed by atoms with Gasteiger partial charge in [0.05, 0.1) is 0 Å². The van der Waals surface area contributed by atoms with E-state index < -0.39 is 0 Å². The minimum atomic E-state index is 0.148. The number of nitrogens with one attached hydrogen (secondary N) is 1. The molecule has 1 N–H and O–H groups in total. The molecule has 3 nitrogen and oxygen atoms in total. The molecule has 0 aromatic heterocycles. The molecule has 1 aliphatic heterocycles. The van der Waals surface area contributed by atoms with Crippen molar-refractivity contribution in [3.63, 3.8) is 0 Å². The van der Waals surface area contributed by atoms with Crippen LogP contribution in [-0.2, 0) is 4.79 Å². The van der Waals surface area contributed by atoms with Crippen LogP contribution < -0.4 is 5.32 Å². The normalized spacial score (nSPS) is 19.7. The molecule has 0 aliphatic carbocycles. The van der Waals surface area contributed by atoms with Gasteiger partial charge in [-0.2, -0.15) is 0 Å². The molecule has 1 amide bonds. The van der Waals surface area contributed by atoms with Gasteiger partial charge in [-0.1, -0.05) is 17.7 Å². The number of hydrogen-bond acceptors (Lipinski definition) is 2. The van der Waals surface area contributed by atoms with Crippen molar-refractivity contribution < 1.29 is 4.79 Å². The van der Waals surface area contributed by atoms with E-state index in [0.717, 1.165) is 36.3 Å². The van der Waals surface area contributed by atoms with Crippen molar-refractivity contribution in [2.45, 2.75) is 33.6 Å². The summed E-state index contributed by atoms with van der Waals surface area (Å²) in [4.78, 5) is 14.4. The van der Waals surface area contributed by atoms with Crippen molar-refractivity contribution in [3.05, 3.63) is 28.8 Å². The fourth-order valence-electron chi connectivity index (χ4n) is 3.02. The van der Waals surface area contributed by atoms with Gasteiger partial charge < -0.3 is 10.2 Å². The molecule has 1 aliphatic rings. The summed E-state index contributed by atoms with van der Waals surface area (Å²) < 4.78 is 0. The first-order chi connectivity index (χ1) is 8.95. The second-order valence-electron chi connectivity index (χ2n) is 5.94. The van der Waals surface area contributed by atoms with Crippen molar-refractivity contribution >= 4 is 11.6 Å². The Morgan fingerprint density at radius 2 is 1.95 bits per heavy atom. The van der Waals surface area contributed by atoms with Crippen LogP contribution in [0.3, 0.4) is 0 Å². The van der Waals surface area contributed by atoms with E-state index in [2.05, 4.69) is 50.2 Å². The predicted octanol–water partition coefficient (Wildman–Crippen LogP) is 2.89. The largest absolute Gasteiger partial charge is 0.326 e. The molecule has 0 bridgehead atoms. The van der Waals surface area contributed by atoms with Gasteiger partial charge in [-0.05, 0) is 57.8 Å². The maximum atomic E-state index is 12.1. The Bertz CT molecular complexity index is 459. The van der Waals surface area contributed by atoms with Crippen LogP contribution in [-0.4, -0.2) is 30.9 Å². The monoisotopic (exact) mass is 260 g/mol. The fraction of sp³-hybridized carbons (Fsp3) is 0.562. The van der Waals surface area contributed by atoms with Gasteiger partial charge >= 0.3 is 0 Å². The summed E-state index contributed by atoms with van der Waals surface area (Å²) in [7, 11) is 2.12. The van der Waals surface area contributed by atoms with Crippen LogP contribution in [0.5, 0.6) is 0 Å². The van der Waals surface area contributed by atoms with E-state index in [1.165, 1.54) is 5.56 Å². The number of carbonyl (C=O) groups excluding carboxylic acids is 1. The predicted molar refractivity (Wildman–Crippen MR) is 79.5 cm³/mol. The standard InChI is InChI=1S/C16H24N2O/c1-11-7-12(2)16(13(3)8-11)17-15(19)9-14-5-6-18(4)10-14/h7-8,14H,5-6,9-10H2,1-4H3,(H,17,19). The number of aryl methyl sites for hydroxylation is 3. The average Bonchev–Trinajstić information content (AvgIpc) is 2.69. The number of likely N-dealkylation sites (tertiary alicyclic amines) is 1. The summed E-state index contributed by atoms with van der Waals surface area (Å²) in [5.41, 5.74) is 4.52. The summed E-state index contributed by atoms with van der Waals surface area (Å²) >= 11 is 0. The molecular formula is C16H24N2O. The molecule has 2 rings (SSSR count). The quantitative estimate of drug-likeness (QED) is 0.906. The van der Waals surface area contributed by atoms with Crippen molar-refractivity contribution in [1.29, 1.82) is 0 Å². The maximum absolute atomic E-state index is 12.1. The molecule has 3 heteroatoms. The van der Waals surface area contributed by atoms with Crippen LogP contribution in [0, 0.1) is 26.7 Å². The lowest BCUT2D eigenvalue weighted by molar-refractivity contribution is -0.117. The molecule has 1 unspecified atom stereocenters. The van der Waals surface area contributed by atoms with E-state index in [9.17, 15) is 4.79 Å². The van der Waals surface area contributed by atoms with Gasteiger partial charge in [0.2, 0.25) is 5.91 Å². The van der Waals surface area contributed by atoms with Crippen LogP contribution in [0.25, 0.3) is 0 Å². The summed E-state index contributed by atoms with van der Waals surface area (Å²) in [6, 6.07) is 4.23. The van der Waals surface area contributed by atoms with Crippen LogP contribution in [0.1, 0.15) is 29.5 Å². The minimum absolute atomic E-state index is 0.148. The highest BCUT2D eigenvalue weighted by molar-refractivity contribution is 5.92. The molecule has 19 heavy (non-hydrogen) atoms. The molecule has 1 atom stereocenters. The topological polar surface area (TPSA) is 32.3 Å². The van der Waals surface area contributed by atoms with Crippen molar-refractivity contribution in [2.75, 3.05) is 25.5 Å². The molecule has 1 saturated heterocycles. The van der Waals surface area contributed by atoms with E-state index in [1.807, 2.05) is 0 Å². The van der Waals surface area contributed by atoms with Crippen molar-refractivity contribution in [2.24, 2.45) is 5.92 Å². The first-order valence-corrected chi connectivity index (χ1v) is 7.02. The highest BCUT2D eigenvalue weighted by Gasteiger charge is 2.22. The second-order valence-corrected chi connectivity index (χ2v) is 5.94. The van der Waals surface area contributed by atoms with E-state index in [0.29, 0.717) is 12.3 Å². The Kier molecular flexibility index (Phi) is 4.25. The Morgan fingerprint density at radius 1 is 1.32 bits per heavy atom. The van der Waals surface area contributed by atoms with Gasteiger partial charge in [0.15, 0.2) is 0 Å². The zero-order valence-corrected chi connectivity index (χ0v) is 12.4. The lowest BCUT2D eigenvalue weighted by atomic mass is 10.0. The summed E-state index contributed by atoms with van der Waals surface area (Å²) in [6.07, 6.45) is 1.77. The Balaban J connectivity index is 1.99. The molecule has 1 aromatic carbocycles. The molecule has 1 heterocycles. The van der Waals surface area contributed by atoms with E-state index in [1.54, 1.807) is 0 Å². The summed E-state index contributed by atoms with van der Waals surface area (Å²) in [5, 5.41) is 3.09. The van der Waals surface area contributed by atoms with Crippen LogP contribution in [0.4, 0.5) is 5.69 Å². The summed E-state index contributed by atoms with van der Waals surface area (Å²) in [5.74, 6) is 0.659. The lowest BCUT2D eigenvalue weighted by Crippen LogP contribution is -2.20. The van der Waals surface area contributed by atoms with Gasteiger partial charge in [0.25, 0.3) is 0 Å². The minimum Gasteiger partial charge on any atom is -0.326 e. The van der Waals surface area contributed by atoms with Crippen LogP contribution in [0.15, 0.2) is 12.1 Å². The van der Waals surface area contributed by atoms with E-state index in [4.69, 9.17) is 0 Å². The number of nitrogens with zero attached hydrogens (tertiary/aromatic N) is 1. The Hall–Kier alpha value is -1.35. The second kappa shape index (κ2) is 5.74. The molecule has 0 radical (unpaired) electrons. The third-order valence-corrected chi connectivity index (χ3v) is 3.90. The molecule has 104 valence electrons.